The van der Waals surface area contributed by atoms with Gasteiger partial charge in [0.1, 0.15) is 5.75 Å². The second-order valence-electron chi connectivity index (χ2n) is 4.08. The zero-order chi connectivity index (χ0) is 12.3. The molecule has 2 N–H and O–H groups in total. The molecule has 1 aromatic heterocycles. The van der Waals surface area contributed by atoms with E-state index in [2.05, 4.69) is 4.98 Å². The Morgan fingerprint density at radius 1 is 1.18 bits per heavy atom. The number of aromatic nitrogens is 1. The van der Waals surface area contributed by atoms with E-state index in [1.165, 1.54) is 5.56 Å². The fourth-order valence-electron chi connectivity index (χ4n) is 1.56. The minimum atomic E-state index is 0.499. The average molecular weight is 228 g/mol. The highest BCUT2D eigenvalue weighted by Gasteiger charge is 2.03. The Hall–Kier alpha value is -1.87. The molecule has 88 valence electrons. The molecule has 1 aromatic carbocycles. The van der Waals surface area contributed by atoms with Crippen molar-refractivity contribution in [3.8, 4) is 11.6 Å². The maximum atomic E-state index is 5.71. The highest BCUT2D eigenvalue weighted by molar-refractivity contribution is 5.34. The van der Waals surface area contributed by atoms with Crippen molar-refractivity contribution in [1.82, 2.24) is 4.98 Å². The number of hydrogen-bond acceptors (Lipinski definition) is 3. The summed E-state index contributed by atoms with van der Waals surface area (Å²) in [6, 6.07) is 9.90. The van der Waals surface area contributed by atoms with Gasteiger partial charge in [0.25, 0.3) is 0 Å². The smallest absolute Gasteiger partial charge is 0.222 e. The zero-order valence-corrected chi connectivity index (χ0v) is 10.1. The van der Waals surface area contributed by atoms with Crippen LogP contribution in [0.5, 0.6) is 11.6 Å². The first-order chi connectivity index (χ1) is 8.19. The van der Waals surface area contributed by atoms with E-state index in [1.807, 2.05) is 44.2 Å². The van der Waals surface area contributed by atoms with Crippen molar-refractivity contribution < 1.29 is 4.74 Å². The van der Waals surface area contributed by atoms with E-state index in [0.29, 0.717) is 12.4 Å². The van der Waals surface area contributed by atoms with Crippen LogP contribution in [0, 0.1) is 13.8 Å². The quantitative estimate of drug-likeness (QED) is 0.878. The third-order valence-corrected chi connectivity index (χ3v) is 2.56. The molecule has 3 heteroatoms. The van der Waals surface area contributed by atoms with Gasteiger partial charge in [-0.15, -0.1) is 0 Å². The van der Waals surface area contributed by atoms with Gasteiger partial charge in [-0.05, 0) is 37.6 Å². The number of pyridine rings is 1. The average Bonchev–Trinajstić information content (AvgIpc) is 2.34. The lowest BCUT2D eigenvalue weighted by Gasteiger charge is -2.08. The maximum absolute atomic E-state index is 5.71. The van der Waals surface area contributed by atoms with Crippen molar-refractivity contribution in [2.24, 2.45) is 5.73 Å². The van der Waals surface area contributed by atoms with Crippen LogP contribution in [-0.2, 0) is 6.54 Å². The van der Waals surface area contributed by atoms with Crippen LogP contribution in [0.15, 0.2) is 36.5 Å². The largest absolute Gasteiger partial charge is 0.439 e. The van der Waals surface area contributed by atoms with Gasteiger partial charge in [0.2, 0.25) is 5.88 Å². The van der Waals surface area contributed by atoms with E-state index in [-0.39, 0.29) is 0 Å². The first-order valence-corrected chi connectivity index (χ1v) is 5.59. The van der Waals surface area contributed by atoms with Crippen molar-refractivity contribution in [2.45, 2.75) is 20.4 Å². The van der Waals surface area contributed by atoms with Gasteiger partial charge < -0.3 is 10.5 Å². The summed E-state index contributed by atoms with van der Waals surface area (Å²) < 4.78 is 5.71. The van der Waals surface area contributed by atoms with Crippen LogP contribution in [0.1, 0.15) is 16.7 Å². The molecule has 0 atom stereocenters. The number of benzene rings is 1. The molecule has 0 bridgehead atoms. The molecule has 0 aliphatic rings. The van der Waals surface area contributed by atoms with Gasteiger partial charge >= 0.3 is 0 Å². The van der Waals surface area contributed by atoms with E-state index < -0.39 is 0 Å². The van der Waals surface area contributed by atoms with Gasteiger partial charge in [-0.1, -0.05) is 17.7 Å². The normalized spacial score (nSPS) is 10.3. The predicted octanol–water partition coefficient (Wildman–Crippen LogP) is 2.95. The molecule has 3 nitrogen and oxygen atoms in total. The Morgan fingerprint density at radius 2 is 1.88 bits per heavy atom. The third-order valence-electron chi connectivity index (χ3n) is 2.56. The van der Waals surface area contributed by atoms with E-state index in [4.69, 9.17) is 10.5 Å². The standard InChI is InChI=1S/C14H16N2O/c1-10-3-5-13(6-4-10)17-14-11(2)7-12(8-15)9-16-14/h3-7,9H,8,15H2,1-2H3. The molecule has 0 radical (unpaired) electrons. The number of rotatable bonds is 3. The molecule has 0 aliphatic carbocycles. The molecule has 0 aliphatic heterocycles. The summed E-state index contributed by atoms with van der Waals surface area (Å²) in [5, 5.41) is 0. The van der Waals surface area contributed by atoms with Gasteiger partial charge in [-0.3, -0.25) is 0 Å². The summed E-state index contributed by atoms with van der Waals surface area (Å²) in [5.74, 6) is 1.43. The molecule has 1 heterocycles. The second kappa shape index (κ2) is 4.97. The van der Waals surface area contributed by atoms with Gasteiger partial charge in [0, 0.05) is 18.3 Å². The second-order valence-corrected chi connectivity index (χ2v) is 4.08. The SMILES string of the molecule is Cc1ccc(Oc2ncc(CN)cc2C)cc1. The van der Waals surface area contributed by atoms with E-state index in [9.17, 15) is 0 Å². The van der Waals surface area contributed by atoms with E-state index in [0.717, 1.165) is 16.9 Å². The number of ether oxygens (including phenoxy) is 1. The van der Waals surface area contributed by atoms with Crippen molar-refractivity contribution >= 4 is 0 Å². The molecule has 0 spiro atoms. The lowest BCUT2D eigenvalue weighted by Crippen LogP contribution is -1.99. The Bertz CT molecular complexity index is 506. The molecule has 17 heavy (non-hydrogen) atoms. The first kappa shape index (κ1) is 11.6. The van der Waals surface area contributed by atoms with Crippen molar-refractivity contribution in [3.63, 3.8) is 0 Å². The highest BCUT2D eigenvalue weighted by atomic mass is 16.5. The summed E-state index contributed by atoms with van der Waals surface area (Å²) >= 11 is 0. The van der Waals surface area contributed by atoms with Crippen LogP contribution in [-0.4, -0.2) is 4.98 Å². The highest BCUT2D eigenvalue weighted by Crippen LogP contribution is 2.23. The molecular formula is C14H16N2O. The van der Waals surface area contributed by atoms with Crippen molar-refractivity contribution in [2.75, 3.05) is 0 Å². The zero-order valence-electron chi connectivity index (χ0n) is 10.1. The lowest BCUT2D eigenvalue weighted by molar-refractivity contribution is 0.458. The number of hydrogen-bond donors (Lipinski definition) is 1. The van der Waals surface area contributed by atoms with Gasteiger partial charge in [-0.25, -0.2) is 4.98 Å². The lowest BCUT2D eigenvalue weighted by atomic mass is 10.2. The number of nitrogens with two attached hydrogens (primary N) is 1. The Kier molecular flexibility index (Phi) is 3.40. The van der Waals surface area contributed by atoms with Gasteiger partial charge in [0.05, 0.1) is 0 Å². The van der Waals surface area contributed by atoms with E-state index >= 15 is 0 Å². The van der Waals surface area contributed by atoms with Crippen LogP contribution < -0.4 is 10.5 Å². The summed E-state index contributed by atoms with van der Waals surface area (Å²) in [4.78, 5) is 4.26. The van der Waals surface area contributed by atoms with Crippen molar-refractivity contribution in [3.05, 3.63) is 53.2 Å². The van der Waals surface area contributed by atoms with Crippen LogP contribution >= 0.6 is 0 Å². The molecule has 0 saturated heterocycles. The van der Waals surface area contributed by atoms with Crippen molar-refractivity contribution in [1.29, 1.82) is 0 Å². The first-order valence-electron chi connectivity index (χ1n) is 5.59. The number of nitrogens with zero attached hydrogens (tertiary/aromatic N) is 1. The van der Waals surface area contributed by atoms with Crippen LogP contribution in [0.2, 0.25) is 0 Å². The van der Waals surface area contributed by atoms with Gasteiger partial charge in [0.15, 0.2) is 0 Å². The Balaban J connectivity index is 2.21. The molecule has 0 fully saturated rings. The van der Waals surface area contributed by atoms with Crippen LogP contribution in [0.4, 0.5) is 0 Å². The Labute approximate surface area is 101 Å². The van der Waals surface area contributed by atoms with Gasteiger partial charge in [-0.2, -0.15) is 0 Å². The topological polar surface area (TPSA) is 48.1 Å². The maximum Gasteiger partial charge on any atom is 0.222 e. The summed E-state index contributed by atoms with van der Waals surface area (Å²) in [6.45, 7) is 4.51. The fraction of sp³-hybridized carbons (Fsp3) is 0.214. The molecule has 0 saturated carbocycles. The predicted molar refractivity (Wildman–Crippen MR) is 68.1 cm³/mol. The fourth-order valence-corrected chi connectivity index (χ4v) is 1.56. The monoisotopic (exact) mass is 228 g/mol. The third kappa shape index (κ3) is 2.82. The molecule has 0 unspecified atom stereocenters. The molecule has 0 amide bonds. The molecule has 2 aromatic rings. The Morgan fingerprint density at radius 3 is 2.47 bits per heavy atom. The summed E-state index contributed by atoms with van der Waals surface area (Å²) in [7, 11) is 0. The summed E-state index contributed by atoms with van der Waals surface area (Å²) in [5.41, 5.74) is 8.77. The van der Waals surface area contributed by atoms with Crippen LogP contribution in [0.3, 0.4) is 0 Å². The summed E-state index contributed by atoms with van der Waals surface area (Å²) in [6.07, 6.45) is 1.75. The minimum Gasteiger partial charge on any atom is -0.439 e. The molecule has 2 rings (SSSR count). The number of aryl methyl sites for hydroxylation is 2. The van der Waals surface area contributed by atoms with Crippen LogP contribution in [0.25, 0.3) is 0 Å². The van der Waals surface area contributed by atoms with E-state index in [1.54, 1.807) is 6.20 Å². The molecular weight excluding hydrogens is 212 g/mol. The minimum absolute atomic E-state index is 0.499.